The van der Waals surface area contributed by atoms with Gasteiger partial charge in [0.05, 0.1) is 13.1 Å². The summed E-state index contributed by atoms with van der Waals surface area (Å²) in [4.78, 5) is 2.35. The molecule has 5 nitrogen and oxygen atoms in total. The lowest BCUT2D eigenvalue weighted by atomic mass is 10.1. The molecule has 0 radical (unpaired) electrons. The Bertz CT molecular complexity index is 535. The lowest BCUT2D eigenvalue weighted by Crippen LogP contribution is -2.57. The van der Waals surface area contributed by atoms with E-state index in [2.05, 4.69) is 42.8 Å². The molecule has 0 saturated carbocycles. The largest absolute Gasteiger partial charge is 0.492 e. The van der Waals surface area contributed by atoms with Crippen LogP contribution in [0, 0.1) is 6.92 Å². The van der Waals surface area contributed by atoms with Crippen molar-refractivity contribution in [3.8, 4) is 5.75 Å². The lowest BCUT2D eigenvalue weighted by molar-refractivity contribution is -1.07. The van der Waals surface area contributed by atoms with Crippen LogP contribution < -0.4 is 4.74 Å². The van der Waals surface area contributed by atoms with E-state index in [1.807, 2.05) is 24.1 Å². The summed E-state index contributed by atoms with van der Waals surface area (Å²) in [5.74, 6) is 0.914. The first-order chi connectivity index (χ1) is 10.9. The minimum atomic E-state index is -0.387. The number of nitrogens with zero attached hydrogens (tertiary/aromatic N) is 3. The average Bonchev–Trinajstić information content (AvgIpc) is 2.50. The number of quaternary nitrogens is 1. The Labute approximate surface area is 144 Å². The van der Waals surface area contributed by atoms with Gasteiger partial charge in [0.25, 0.3) is 0 Å². The van der Waals surface area contributed by atoms with Gasteiger partial charge in [-0.15, -0.1) is 5.01 Å². The average molecular weight is 338 g/mol. The molecule has 1 unspecified atom stereocenters. The number of piperazine rings is 1. The van der Waals surface area contributed by atoms with Crippen LogP contribution in [0.25, 0.3) is 6.08 Å². The maximum Gasteiger partial charge on any atom is 0.130 e. The molecule has 0 bridgehead atoms. The second kappa shape index (κ2) is 8.17. The van der Waals surface area contributed by atoms with E-state index in [1.54, 1.807) is 7.05 Å². The molecule has 0 aromatic heterocycles. The van der Waals surface area contributed by atoms with Crippen LogP contribution in [-0.4, -0.2) is 65.7 Å². The first-order valence-electron chi connectivity index (χ1n) is 8.06. The minimum Gasteiger partial charge on any atom is -0.492 e. The molecule has 0 aliphatic carbocycles. The molecular formula is C17H28N3O2S+. The van der Waals surface area contributed by atoms with E-state index in [0.29, 0.717) is 6.61 Å². The molecule has 1 aliphatic rings. The van der Waals surface area contributed by atoms with E-state index in [-0.39, 0.29) is 4.16 Å². The van der Waals surface area contributed by atoms with Crippen molar-refractivity contribution >= 4 is 18.9 Å². The maximum atomic E-state index is 9.82. The quantitative estimate of drug-likeness (QED) is 0.475. The summed E-state index contributed by atoms with van der Waals surface area (Å²) in [7, 11) is 1.65. The molecule has 1 aromatic carbocycles. The van der Waals surface area contributed by atoms with Crippen LogP contribution in [0.1, 0.15) is 18.1 Å². The number of thiol groups is 1. The van der Waals surface area contributed by atoms with Gasteiger partial charge < -0.3 is 4.74 Å². The molecule has 6 heteroatoms. The zero-order valence-electron chi connectivity index (χ0n) is 14.3. The second-order valence-corrected chi connectivity index (χ2v) is 6.79. The van der Waals surface area contributed by atoms with E-state index in [0.717, 1.165) is 38.5 Å². The summed E-state index contributed by atoms with van der Waals surface area (Å²) in [6.45, 7) is 9.11. The third kappa shape index (κ3) is 5.51. The summed E-state index contributed by atoms with van der Waals surface area (Å²) >= 11 is 4.15. The normalized spacial score (nSPS) is 19.9. The van der Waals surface area contributed by atoms with Crippen LogP contribution in [0.5, 0.6) is 5.75 Å². The van der Waals surface area contributed by atoms with E-state index in [9.17, 15) is 5.21 Å². The third-order valence-electron chi connectivity index (χ3n) is 4.16. The Morgan fingerprint density at radius 1 is 1.30 bits per heavy atom. The molecule has 23 heavy (non-hydrogen) atoms. The van der Waals surface area contributed by atoms with E-state index in [1.165, 1.54) is 11.1 Å². The number of hydrogen-bond acceptors (Lipinski definition) is 5. The summed E-state index contributed by atoms with van der Waals surface area (Å²) in [5, 5.41) is 11.7. The van der Waals surface area contributed by atoms with Gasteiger partial charge in [-0.05, 0) is 37.1 Å². The van der Waals surface area contributed by atoms with Crippen LogP contribution in [0.2, 0.25) is 0 Å². The van der Waals surface area contributed by atoms with Crippen molar-refractivity contribution in [2.24, 2.45) is 0 Å². The SMILES string of the molecule is C/C=C\c1cc(OCCN2CCN([N+](C)(O)S)CC2)ccc1C. The molecular weight excluding hydrogens is 310 g/mol. The highest BCUT2D eigenvalue weighted by Gasteiger charge is 2.29. The molecule has 0 amide bonds. The fourth-order valence-corrected chi connectivity index (χ4v) is 2.88. The number of hydroxylamine groups is 1. The molecule has 1 saturated heterocycles. The minimum absolute atomic E-state index is 0.387. The van der Waals surface area contributed by atoms with Crippen LogP contribution in [-0.2, 0) is 0 Å². The number of benzene rings is 1. The van der Waals surface area contributed by atoms with Gasteiger partial charge in [-0.25, -0.2) is 0 Å². The third-order valence-corrected chi connectivity index (χ3v) is 4.41. The maximum absolute atomic E-state index is 9.82. The summed E-state index contributed by atoms with van der Waals surface area (Å²) in [5.41, 5.74) is 2.45. The lowest BCUT2D eigenvalue weighted by Gasteiger charge is -2.37. The Hall–Kier alpha value is -1.05. The van der Waals surface area contributed by atoms with Crippen LogP contribution in [0.15, 0.2) is 24.3 Å². The molecule has 1 N–H and O–H groups in total. The topological polar surface area (TPSA) is 35.9 Å². The van der Waals surface area contributed by atoms with Crippen molar-refractivity contribution in [2.45, 2.75) is 13.8 Å². The molecule has 1 fully saturated rings. The van der Waals surface area contributed by atoms with E-state index in [4.69, 9.17) is 4.74 Å². The standard InChI is InChI=1S/C17H28N3O2S/c1-4-5-16-14-17(7-6-15(16)2)22-13-12-18-8-10-19(11-9-18)20(3,21)23/h4-7,14,21,23H,8-13H2,1-3H3/q+1/b5-4-. The van der Waals surface area contributed by atoms with Gasteiger partial charge in [0.15, 0.2) is 0 Å². The molecule has 1 atom stereocenters. The summed E-state index contributed by atoms with van der Waals surface area (Å²) in [6, 6.07) is 6.20. The van der Waals surface area contributed by atoms with Crippen LogP contribution in [0.3, 0.4) is 0 Å². The van der Waals surface area contributed by atoms with Crippen molar-refractivity contribution in [3.05, 3.63) is 35.4 Å². The fourth-order valence-electron chi connectivity index (χ4n) is 2.70. The van der Waals surface area contributed by atoms with Crippen molar-refractivity contribution < 1.29 is 14.1 Å². The number of hydrogen-bond donors (Lipinski definition) is 2. The van der Waals surface area contributed by atoms with Gasteiger partial charge in [-0.3, -0.25) is 4.90 Å². The highest BCUT2D eigenvalue weighted by molar-refractivity contribution is 7.74. The van der Waals surface area contributed by atoms with Crippen LogP contribution >= 0.6 is 12.8 Å². The zero-order chi connectivity index (χ0) is 16.9. The molecule has 128 valence electrons. The second-order valence-electron chi connectivity index (χ2n) is 6.03. The van der Waals surface area contributed by atoms with E-state index >= 15 is 0 Å². The van der Waals surface area contributed by atoms with Gasteiger partial charge in [0.2, 0.25) is 0 Å². The summed E-state index contributed by atoms with van der Waals surface area (Å²) < 4.78 is 5.50. The van der Waals surface area contributed by atoms with Gasteiger partial charge in [-0.1, -0.05) is 22.4 Å². The van der Waals surface area contributed by atoms with Crippen molar-refractivity contribution in [1.82, 2.24) is 9.91 Å². The number of rotatable bonds is 6. The molecule has 2 rings (SSSR count). The Kier molecular flexibility index (Phi) is 6.50. The summed E-state index contributed by atoms with van der Waals surface area (Å²) in [6.07, 6.45) is 4.14. The first kappa shape index (κ1) is 18.3. The van der Waals surface area contributed by atoms with E-state index < -0.39 is 0 Å². The Balaban J connectivity index is 1.77. The monoisotopic (exact) mass is 338 g/mol. The number of allylic oxidation sites excluding steroid dienone is 1. The molecule has 1 heterocycles. The number of ether oxygens (including phenoxy) is 1. The van der Waals surface area contributed by atoms with Crippen LogP contribution in [0.4, 0.5) is 0 Å². The zero-order valence-corrected chi connectivity index (χ0v) is 15.2. The predicted octanol–water partition coefficient (Wildman–Crippen LogP) is 2.62. The highest BCUT2D eigenvalue weighted by Crippen LogP contribution is 2.19. The van der Waals surface area contributed by atoms with Crippen molar-refractivity contribution in [2.75, 3.05) is 46.4 Å². The molecule has 0 spiro atoms. The van der Waals surface area contributed by atoms with Gasteiger partial charge in [0.1, 0.15) is 32.2 Å². The van der Waals surface area contributed by atoms with Crippen molar-refractivity contribution in [3.63, 3.8) is 0 Å². The number of aryl methyl sites for hydroxylation is 1. The first-order valence-corrected chi connectivity index (χ1v) is 8.46. The Morgan fingerprint density at radius 2 is 2.00 bits per heavy atom. The van der Waals surface area contributed by atoms with Gasteiger partial charge in [-0.2, -0.15) is 5.21 Å². The Morgan fingerprint density at radius 3 is 2.61 bits per heavy atom. The highest BCUT2D eigenvalue weighted by atomic mass is 32.1. The smallest absolute Gasteiger partial charge is 0.130 e. The van der Waals surface area contributed by atoms with Gasteiger partial charge >= 0.3 is 0 Å². The fraction of sp³-hybridized carbons (Fsp3) is 0.529. The van der Waals surface area contributed by atoms with Crippen molar-refractivity contribution in [1.29, 1.82) is 0 Å². The molecule has 1 aromatic rings. The van der Waals surface area contributed by atoms with Gasteiger partial charge in [0, 0.05) is 19.6 Å². The molecule has 1 aliphatic heterocycles. The predicted molar refractivity (Wildman–Crippen MR) is 96.4 cm³/mol.